The van der Waals surface area contributed by atoms with Crippen LogP contribution in [0.25, 0.3) is 11.5 Å². The van der Waals surface area contributed by atoms with Gasteiger partial charge in [0.05, 0.1) is 10.1 Å². The number of nitrogens with zero attached hydrogens (tertiary/aromatic N) is 2. The van der Waals surface area contributed by atoms with E-state index < -0.39 is 21.2 Å². The zero-order valence-corrected chi connectivity index (χ0v) is 14.7. The topological polar surface area (TPSA) is 111 Å². The average Bonchev–Trinajstić information content (AvgIpc) is 3.26. The van der Waals surface area contributed by atoms with Gasteiger partial charge in [0.1, 0.15) is 6.10 Å². The lowest BCUT2D eigenvalue weighted by Gasteiger charge is -2.08. The first kappa shape index (κ1) is 17.6. The van der Waals surface area contributed by atoms with Crippen LogP contribution in [0.5, 0.6) is 0 Å². The summed E-state index contributed by atoms with van der Waals surface area (Å²) in [5.74, 6) is -0.202. The van der Waals surface area contributed by atoms with Crippen LogP contribution >= 0.6 is 0 Å². The zero-order chi connectivity index (χ0) is 18.0. The van der Waals surface area contributed by atoms with Gasteiger partial charge in [-0.15, -0.1) is 5.10 Å². The Kier molecular flexibility index (Phi) is 4.87. The first-order valence-corrected chi connectivity index (χ1v) is 9.53. The van der Waals surface area contributed by atoms with E-state index in [1.807, 2.05) is 0 Å². The highest BCUT2D eigenvalue weighted by atomic mass is 32.2. The van der Waals surface area contributed by atoms with Crippen molar-refractivity contribution in [3.05, 3.63) is 24.3 Å². The first-order valence-electron chi connectivity index (χ1n) is 7.98. The minimum atomic E-state index is -3.41. The molecule has 1 aliphatic rings. The molecule has 2 heterocycles. The fourth-order valence-corrected chi connectivity index (χ4v) is 3.54. The van der Waals surface area contributed by atoms with Crippen molar-refractivity contribution in [2.24, 2.45) is 0 Å². The number of anilines is 1. The molecule has 1 saturated heterocycles. The van der Waals surface area contributed by atoms with E-state index in [1.165, 1.54) is 12.1 Å². The lowest BCUT2D eigenvalue weighted by Crippen LogP contribution is -2.26. The van der Waals surface area contributed by atoms with Gasteiger partial charge in [-0.05, 0) is 44.9 Å². The van der Waals surface area contributed by atoms with Gasteiger partial charge in [0.15, 0.2) is 9.84 Å². The van der Waals surface area contributed by atoms with Gasteiger partial charge in [-0.25, -0.2) is 8.42 Å². The lowest BCUT2D eigenvalue weighted by atomic mass is 10.2. The molecular formula is C16H19N3O5S. The van der Waals surface area contributed by atoms with Crippen LogP contribution in [-0.2, 0) is 19.4 Å². The van der Waals surface area contributed by atoms with E-state index in [2.05, 4.69) is 15.5 Å². The highest BCUT2D eigenvalue weighted by Gasteiger charge is 2.25. The average molecular weight is 365 g/mol. The van der Waals surface area contributed by atoms with E-state index in [1.54, 1.807) is 26.0 Å². The third-order valence-electron chi connectivity index (χ3n) is 3.91. The highest BCUT2D eigenvalue weighted by Crippen LogP contribution is 2.25. The van der Waals surface area contributed by atoms with Crippen molar-refractivity contribution < 1.29 is 22.4 Å². The second kappa shape index (κ2) is 6.93. The third-order valence-corrected chi connectivity index (χ3v) is 6.06. The minimum Gasteiger partial charge on any atom is -0.403 e. The SMILES string of the molecule is CC(C)S(=O)(=O)c1cccc(-c2nnc(NC(=O)C3CCCO3)o2)c1. The number of rotatable bonds is 5. The van der Waals surface area contributed by atoms with E-state index in [0.29, 0.717) is 18.6 Å². The van der Waals surface area contributed by atoms with Gasteiger partial charge in [-0.2, -0.15) is 0 Å². The molecule has 0 bridgehead atoms. The van der Waals surface area contributed by atoms with Gasteiger partial charge < -0.3 is 9.15 Å². The summed E-state index contributed by atoms with van der Waals surface area (Å²) in [6, 6.07) is 6.23. The Hall–Kier alpha value is -2.26. The Morgan fingerprint density at radius 3 is 2.80 bits per heavy atom. The molecule has 1 N–H and O–H groups in total. The minimum absolute atomic E-state index is 0.0485. The summed E-state index contributed by atoms with van der Waals surface area (Å²) >= 11 is 0. The van der Waals surface area contributed by atoms with Crippen LogP contribution in [0.4, 0.5) is 6.01 Å². The van der Waals surface area contributed by atoms with Gasteiger partial charge in [-0.3, -0.25) is 10.1 Å². The summed E-state index contributed by atoms with van der Waals surface area (Å²) in [5.41, 5.74) is 0.465. The predicted octanol–water partition coefficient (Wildman–Crippen LogP) is 2.04. The number of benzene rings is 1. The van der Waals surface area contributed by atoms with Crippen LogP contribution in [-0.4, -0.2) is 42.5 Å². The fourth-order valence-electron chi connectivity index (χ4n) is 2.44. The maximum absolute atomic E-state index is 12.3. The number of ether oxygens (including phenoxy) is 1. The van der Waals surface area contributed by atoms with Gasteiger partial charge >= 0.3 is 6.01 Å². The highest BCUT2D eigenvalue weighted by molar-refractivity contribution is 7.92. The van der Waals surface area contributed by atoms with Crippen molar-refractivity contribution in [3.8, 4) is 11.5 Å². The zero-order valence-electron chi connectivity index (χ0n) is 13.9. The molecule has 1 aliphatic heterocycles. The number of amides is 1. The molecule has 1 amide bonds. The lowest BCUT2D eigenvalue weighted by molar-refractivity contribution is -0.124. The molecule has 1 unspecified atom stereocenters. The van der Waals surface area contributed by atoms with Crippen LogP contribution in [0.3, 0.4) is 0 Å². The van der Waals surface area contributed by atoms with Crippen LogP contribution in [0.15, 0.2) is 33.6 Å². The summed E-state index contributed by atoms with van der Waals surface area (Å²) in [6.45, 7) is 3.80. The molecule has 3 rings (SSSR count). The Morgan fingerprint density at radius 1 is 1.32 bits per heavy atom. The van der Waals surface area contributed by atoms with Crippen molar-refractivity contribution in [3.63, 3.8) is 0 Å². The summed E-state index contributed by atoms with van der Waals surface area (Å²) in [4.78, 5) is 12.2. The molecule has 1 aromatic heterocycles. The van der Waals surface area contributed by atoms with Crippen LogP contribution in [0.2, 0.25) is 0 Å². The van der Waals surface area contributed by atoms with Crippen molar-refractivity contribution in [2.45, 2.75) is 42.9 Å². The van der Waals surface area contributed by atoms with Gasteiger partial charge in [0, 0.05) is 12.2 Å². The third kappa shape index (κ3) is 3.72. The van der Waals surface area contributed by atoms with E-state index in [9.17, 15) is 13.2 Å². The van der Waals surface area contributed by atoms with Gasteiger partial charge in [-0.1, -0.05) is 11.2 Å². The number of sulfone groups is 1. The molecule has 8 nitrogen and oxygen atoms in total. The van der Waals surface area contributed by atoms with E-state index in [0.717, 1.165) is 6.42 Å². The molecule has 1 fully saturated rings. The van der Waals surface area contributed by atoms with Crippen LogP contribution < -0.4 is 5.32 Å². The first-order chi connectivity index (χ1) is 11.9. The maximum atomic E-state index is 12.3. The maximum Gasteiger partial charge on any atom is 0.322 e. The van der Waals surface area contributed by atoms with Crippen molar-refractivity contribution >= 4 is 21.8 Å². The molecule has 9 heteroatoms. The number of hydrogen-bond donors (Lipinski definition) is 1. The molecule has 2 aromatic rings. The number of carbonyl (C=O) groups is 1. The normalized spacial score (nSPS) is 17.8. The molecule has 0 aliphatic carbocycles. The number of nitrogens with one attached hydrogen (secondary N) is 1. The number of aromatic nitrogens is 2. The molecular weight excluding hydrogens is 346 g/mol. The van der Waals surface area contributed by atoms with Crippen LogP contribution in [0.1, 0.15) is 26.7 Å². The molecule has 134 valence electrons. The quantitative estimate of drug-likeness (QED) is 0.863. The standard InChI is InChI=1S/C16H19N3O5S/c1-10(2)25(21,22)12-6-3-5-11(9-12)15-18-19-16(24-15)17-14(20)13-7-4-8-23-13/h3,5-6,9-10,13H,4,7-8H2,1-2H3,(H,17,19,20). The van der Waals surface area contributed by atoms with Crippen molar-refractivity contribution in [1.82, 2.24) is 10.2 Å². The molecule has 1 atom stereocenters. The summed E-state index contributed by atoms with van der Waals surface area (Å²) in [6.07, 6.45) is 0.988. The summed E-state index contributed by atoms with van der Waals surface area (Å²) < 4.78 is 35.3. The molecule has 0 saturated carbocycles. The van der Waals surface area contributed by atoms with Gasteiger partial charge in [0.2, 0.25) is 5.89 Å². The monoisotopic (exact) mass is 365 g/mol. The van der Waals surface area contributed by atoms with Crippen LogP contribution in [0, 0.1) is 0 Å². The molecule has 1 aromatic carbocycles. The Bertz CT molecular complexity index is 869. The Balaban J connectivity index is 1.79. The summed E-state index contributed by atoms with van der Waals surface area (Å²) in [7, 11) is -3.41. The molecule has 25 heavy (non-hydrogen) atoms. The summed E-state index contributed by atoms with van der Waals surface area (Å²) in [5, 5.41) is 9.62. The van der Waals surface area contributed by atoms with Gasteiger partial charge in [0.25, 0.3) is 5.91 Å². The predicted molar refractivity (Wildman–Crippen MR) is 89.7 cm³/mol. The molecule has 0 radical (unpaired) electrons. The van der Waals surface area contributed by atoms with E-state index >= 15 is 0 Å². The Labute approximate surface area is 145 Å². The Morgan fingerprint density at radius 2 is 2.12 bits per heavy atom. The second-order valence-corrected chi connectivity index (χ2v) is 8.53. The fraction of sp³-hybridized carbons (Fsp3) is 0.438. The smallest absolute Gasteiger partial charge is 0.322 e. The second-order valence-electron chi connectivity index (χ2n) is 6.02. The van der Waals surface area contributed by atoms with E-state index in [4.69, 9.17) is 9.15 Å². The number of carbonyl (C=O) groups excluding carboxylic acids is 1. The van der Waals surface area contributed by atoms with E-state index in [-0.39, 0.29) is 22.7 Å². The largest absolute Gasteiger partial charge is 0.403 e. The van der Waals surface area contributed by atoms with Crippen molar-refractivity contribution in [1.29, 1.82) is 0 Å². The molecule has 0 spiro atoms. The van der Waals surface area contributed by atoms with Crippen molar-refractivity contribution in [2.75, 3.05) is 11.9 Å². The number of hydrogen-bond acceptors (Lipinski definition) is 7.